The van der Waals surface area contributed by atoms with Gasteiger partial charge in [-0.1, -0.05) is 23.7 Å². The predicted octanol–water partition coefficient (Wildman–Crippen LogP) is 2.80. The molecule has 106 valence electrons. The largest absolute Gasteiger partial charge is 0.303 e. The summed E-state index contributed by atoms with van der Waals surface area (Å²) in [5, 5.41) is 11.5. The van der Waals surface area contributed by atoms with Gasteiger partial charge < -0.3 is 5.43 Å². The maximum atomic E-state index is 10.8. The Kier molecular flexibility index (Phi) is 3.55. The first kappa shape index (κ1) is 13.5. The highest BCUT2D eigenvalue weighted by molar-refractivity contribution is 6.30. The average Bonchev–Trinajstić information content (AvgIpc) is 2.98. The first-order chi connectivity index (χ1) is 10.1. The molecule has 21 heavy (non-hydrogen) atoms. The third-order valence-corrected chi connectivity index (χ3v) is 3.35. The van der Waals surface area contributed by atoms with Crippen LogP contribution in [0.15, 0.2) is 53.5 Å². The van der Waals surface area contributed by atoms with Crippen molar-refractivity contribution >= 4 is 23.1 Å². The van der Waals surface area contributed by atoms with E-state index in [-0.39, 0.29) is 11.9 Å². The van der Waals surface area contributed by atoms with E-state index < -0.39 is 4.92 Å². The molecule has 1 aliphatic rings. The van der Waals surface area contributed by atoms with Gasteiger partial charge >= 0.3 is 0 Å². The zero-order chi connectivity index (χ0) is 14.8. The van der Waals surface area contributed by atoms with Gasteiger partial charge in [-0.05, 0) is 29.8 Å². The van der Waals surface area contributed by atoms with Gasteiger partial charge in [0.05, 0.1) is 4.92 Å². The van der Waals surface area contributed by atoms with Gasteiger partial charge in [-0.25, -0.2) is 10.4 Å². The number of hydrazine groups is 1. The highest BCUT2D eigenvalue weighted by Crippen LogP contribution is 2.23. The van der Waals surface area contributed by atoms with E-state index in [0.29, 0.717) is 10.9 Å². The lowest BCUT2D eigenvalue weighted by Crippen LogP contribution is -2.31. The van der Waals surface area contributed by atoms with Crippen LogP contribution in [0.5, 0.6) is 0 Å². The van der Waals surface area contributed by atoms with Gasteiger partial charge in [0.1, 0.15) is 12.0 Å². The van der Waals surface area contributed by atoms with Crippen molar-refractivity contribution in [2.24, 2.45) is 4.99 Å². The molecule has 0 bridgehead atoms. The summed E-state index contributed by atoms with van der Waals surface area (Å²) in [5.41, 5.74) is 7.63. The van der Waals surface area contributed by atoms with Gasteiger partial charge in [0.25, 0.3) is 5.69 Å². The van der Waals surface area contributed by atoms with Crippen molar-refractivity contribution in [1.82, 2.24) is 10.9 Å². The first-order valence-corrected chi connectivity index (χ1v) is 6.61. The molecule has 0 amide bonds. The van der Waals surface area contributed by atoms with Crippen molar-refractivity contribution in [1.29, 1.82) is 0 Å². The SMILES string of the molecule is O=[N+]([O-])c1cccc([C@H]2N=C(c3ccc(Cl)cc3)NN2)c1. The van der Waals surface area contributed by atoms with Gasteiger partial charge in [-0.2, -0.15) is 0 Å². The highest BCUT2D eigenvalue weighted by atomic mass is 35.5. The average molecular weight is 303 g/mol. The monoisotopic (exact) mass is 302 g/mol. The molecule has 0 aliphatic carbocycles. The van der Waals surface area contributed by atoms with E-state index in [1.54, 1.807) is 24.3 Å². The number of hydrogen-bond donors (Lipinski definition) is 2. The molecule has 0 spiro atoms. The van der Waals surface area contributed by atoms with Crippen LogP contribution in [0, 0.1) is 10.1 Å². The van der Waals surface area contributed by atoms with Crippen molar-refractivity contribution < 1.29 is 4.92 Å². The second-order valence-corrected chi connectivity index (χ2v) is 4.95. The number of hydrogen-bond acceptors (Lipinski definition) is 5. The summed E-state index contributed by atoms with van der Waals surface area (Å²) in [5.74, 6) is 0.670. The molecule has 0 saturated carbocycles. The maximum Gasteiger partial charge on any atom is 0.269 e. The third-order valence-electron chi connectivity index (χ3n) is 3.10. The number of nitro groups is 1. The van der Waals surface area contributed by atoms with Crippen LogP contribution in [0.25, 0.3) is 0 Å². The highest BCUT2D eigenvalue weighted by Gasteiger charge is 2.20. The molecule has 2 aromatic carbocycles. The van der Waals surface area contributed by atoms with E-state index in [1.165, 1.54) is 12.1 Å². The van der Waals surface area contributed by atoms with Crippen molar-refractivity contribution in [2.75, 3.05) is 0 Å². The van der Waals surface area contributed by atoms with Crippen LogP contribution in [-0.2, 0) is 0 Å². The fourth-order valence-corrected chi connectivity index (χ4v) is 2.18. The molecule has 0 fully saturated rings. The van der Waals surface area contributed by atoms with Crippen LogP contribution in [0.3, 0.4) is 0 Å². The Bertz CT molecular complexity index is 715. The molecular formula is C14H11ClN4O2. The lowest BCUT2D eigenvalue weighted by molar-refractivity contribution is -0.384. The summed E-state index contributed by atoms with van der Waals surface area (Å²) in [6, 6.07) is 13.7. The first-order valence-electron chi connectivity index (χ1n) is 6.23. The molecule has 1 aliphatic heterocycles. The lowest BCUT2D eigenvalue weighted by atomic mass is 10.1. The van der Waals surface area contributed by atoms with E-state index in [9.17, 15) is 10.1 Å². The Morgan fingerprint density at radius 1 is 1.19 bits per heavy atom. The van der Waals surface area contributed by atoms with Gasteiger partial charge in [-0.3, -0.25) is 10.1 Å². The number of aliphatic imine (C=N–C) groups is 1. The number of nitro benzene ring substituents is 1. The normalized spacial score (nSPS) is 17.2. The van der Waals surface area contributed by atoms with E-state index >= 15 is 0 Å². The quantitative estimate of drug-likeness (QED) is 0.675. The third kappa shape index (κ3) is 2.86. The number of halogens is 1. The predicted molar refractivity (Wildman–Crippen MR) is 80.1 cm³/mol. The van der Waals surface area contributed by atoms with Crippen LogP contribution in [0.4, 0.5) is 5.69 Å². The lowest BCUT2D eigenvalue weighted by Gasteiger charge is -2.06. The molecule has 0 aromatic heterocycles. The van der Waals surface area contributed by atoms with Gasteiger partial charge in [0.2, 0.25) is 0 Å². The zero-order valence-corrected chi connectivity index (χ0v) is 11.5. The van der Waals surface area contributed by atoms with Crippen molar-refractivity contribution in [3.8, 4) is 0 Å². The molecule has 1 atom stereocenters. The van der Waals surface area contributed by atoms with E-state index in [1.807, 2.05) is 12.1 Å². The number of nitrogens with zero attached hydrogens (tertiary/aromatic N) is 2. The fourth-order valence-electron chi connectivity index (χ4n) is 2.05. The van der Waals surface area contributed by atoms with E-state index in [2.05, 4.69) is 15.8 Å². The molecule has 1 heterocycles. The Hall–Kier alpha value is -2.44. The number of benzene rings is 2. The smallest absolute Gasteiger partial charge is 0.269 e. The number of rotatable bonds is 3. The van der Waals surface area contributed by atoms with Crippen LogP contribution in [0.1, 0.15) is 17.3 Å². The molecule has 0 unspecified atom stereocenters. The van der Waals surface area contributed by atoms with Crippen LogP contribution < -0.4 is 10.9 Å². The second kappa shape index (κ2) is 5.51. The summed E-state index contributed by atoms with van der Waals surface area (Å²) in [6.07, 6.45) is -0.365. The van der Waals surface area contributed by atoms with Crippen LogP contribution in [0.2, 0.25) is 5.02 Å². The zero-order valence-electron chi connectivity index (χ0n) is 10.8. The summed E-state index contributed by atoms with van der Waals surface area (Å²) in [6.45, 7) is 0. The Morgan fingerprint density at radius 2 is 1.95 bits per heavy atom. The molecule has 0 radical (unpaired) electrons. The van der Waals surface area contributed by atoms with Crippen LogP contribution >= 0.6 is 11.6 Å². The number of nitrogens with one attached hydrogen (secondary N) is 2. The topological polar surface area (TPSA) is 79.6 Å². The minimum absolute atomic E-state index is 0.0458. The summed E-state index contributed by atoms with van der Waals surface area (Å²) in [4.78, 5) is 14.9. The number of non-ortho nitro benzene ring substituents is 1. The second-order valence-electron chi connectivity index (χ2n) is 4.51. The minimum Gasteiger partial charge on any atom is -0.303 e. The number of amidine groups is 1. The van der Waals surface area contributed by atoms with Gasteiger partial charge in [-0.15, -0.1) is 0 Å². The Morgan fingerprint density at radius 3 is 2.67 bits per heavy atom. The molecule has 7 heteroatoms. The maximum absolute atomic E-state index is 10.8. The Balaban J connectivity index is 1.87. The van der Waals surface area contributed by atoms with Crippen LogP contribution in [-0.4, -0.2) is 10.8 Å². The summed E-state index contributed by atoms with van der Waals surface area (Å²) >= 11 is 5.85. The molecular weight excluding hydrogens is 292 g/mol. The summed E-state index contributed by atoms with van der Waals surface area (Å²) in [7, 11) is 0. The van der Waals surface area contributed by atoms with Gasteiger partial charge in [0.15, 0.2) is 0 Å². The van der Waals surface area contributed by atoms with Crippen molar-refractivity contribution in [2.45, 2.75) is 6.17 Å². The molecule has 6 nitrogen and oxygen atoms in total. The molecule has 3 rings (SSSR count). The minimum atomic E-state index is -0.421. The van der Waals surface area contributed by atoms with E-state index in [0.717, 1.165) is 11.1 Å². The Labute approximate surface area is 125 Å². The van der Waals surface area contributed by atoms with Gasteiger partial charge in [0, 0.05) is 22.7 Å². The summed E-state index contributed by atoms with van der Waals surface area (Å²) < 4.78 is 0. The fraction of sp³-hybridized carbons (Fsp3) is 0.0714. The van der Waals surface area contributed by atoms with Crippen molar-refractivity contribution in [3.63, 3.8) is 0 Å². The molecule has 0 saturated heterocycles. The standard InChI is InChI=1S/C14H11ClN4O2/c15-11-6-4-9(5-7-11)13-16-14(18-17-13)10-2-1-3-12(8-10)19(20)21/h1-8,14,18H,(H,16,17)/t14-/m0/s1. The molecule has 2 aromatic rings. The van der Waals surface area contributed by atoms with E-state index in [4.69, 9.17) is 11.6 Å². The molecule has 2 N–H and O–H groups in total. The van der Waals surface area contributed by atoms with Crippen molar-refractivity contribution in [3.05, 3.63) is 74.8 Å².